The first-order chi connectivity index (χ1) is 9.29. The van der Waals surface area contributed by atoms with Crippen molar-refractivity contribution in [1.82, 2.24) is 0 Å². The summed E-state index contributed by atoms with van der Waals surface area (Å²) in [4.78, 5) is 10.8. The zero-order valence-electron chi connectivity index (χ0n) is 11.0. The third-order valence-electron chi connectivity index (χ3n) is 4.09. The normalized spacial score (nSPS) is 28.9. The van der Waals surface area contributed by atoms with Gasteiger partial charge in [-0.2, -0.15) is 0 Å². The molecule has 110 valence electrons. The Morgan fingerprint density at radius 3 is 2.40 bits per heavy atom. The summed E-state index contributed by atoms with van der Waals surface area (Å²) >= 11 is 10.4. The van der Waals surface area contributed by atoms with Crippen molar-refractivity contribution in [3.8, 4) is 5.75 Å². The molecule has 0 aliphatic heterocycles. The van der Waals surface area contributed by atoms with E-state index in [0.717, 1.165) is 12.8 Å². The summed E-state index contributed by atoms with van der Waals surface area (Å²) in [5.74, 6) is 0.625. The van der Waals surface area contributed by atoms with Crippen molar-refractivity contribution in [3.05, 3.63) is 31.2 Å². The quantitative estimate of drug-likeness (QED) is 0.333. The zero-order valence-corrected chi connectivity index (χ0v) is 15.8. The highest BCUT2D eigenvalue weighted by molar-refractivity contribution is 9.11. The molecule has 1 fully saturated rings. The minimum absolute atomic E-state index is 0.0290. The number of hydrogen-bond donors (Lipinski definition) is 0. The van der Waals surface area contributed by atoms with Gasteiger partial charge in [0, 0.05) is 22.4 Å². The van der Waals surface area contributed by atoms with Crippen LogP contribution in [0.3, 0.4) is 0 Å². The number of nitro groups is 1. The molecule has 2 rings (SSSR count). The molecule has 0 radical (unpaired) electrons. The van der Waals surface area contributed by atoms with Crippen LogP contribution in [0, 0.1) is 15.5 Å². The van der Waals surface area contributed by atoms with Crippen LogP contribution in [0.15, 0.2) is 21.1 Å². The van der Waals surface area contributed by atoms with E-state index in [1.807, 2.05) is 0 Å². The van der Waals surface area contributed by atoms with Crippen molar-refractivity contribution in [2.45, 2.75) is 37.6 Å². The van der Waals surface area contributed by atoms with Gasteiger partial charge in [0.15, 0.2) is 0 Å². The van der Waals surface area contributed by atoms with Gasteiger partial charge < -0.3 is 4.74 Å². The molecule has 1 aromatic carbocycles. The molecule has 0 heterocycles. The predicted octanol–water partition coefficient (Wildman–Crippen LogP) is 5.45. The first kappa shape index (κ1) is 16.2. The van der Waals surface area contributed by atoms with Crippen molar-refractivity contribution in [1.29, 1.82) is 0 Å². The van der Waals surface area contributed by atoms with Gasteiger partial charge in [-0.05, 0) is 44.7 Å². The molecule has 7 heteroatoms. The topological polar surface area (TPSA) is 52.4 Å². The highest BCUT2D eigenvalue weighted by atomic mass is 79.9. The van der Waals surface area contributed by atoms with Crippen molar-refractivity contribution in [2.75, 3.05) is 0 Å². The number of non-ortho nitro benzene ring substituents is 1. The van der Waals surface area contributed by atoms with Gasteiger partial charge >= 0.3 is 0 Å². The van der Waals surface area contributed by atoms with Gasteiger partial charge in [0.2, 0.25) is 0 Å². The van der Waals surface area contributed by atoms with Crippen LogP contribution in [0.1, 0.15) is 26.7 Å². The lowest BCUT2D eigenvalue weighted by Gasteiger charge is -2.50. The SMILES string of the molecule is CCC1(C)C(Br)CC1Oc1c(Br)cc([N+](=O)[O-])cc1Br. The molecule has 3 atom stereocenters. The molecule has 0 spiro atoms. The largest absolute Gasteiger partial charge is 0.487 e. The molecule has 1 aliphatic rings. The fourth-order valence-electron chi connectivity index (χ4n) is 2.31. The Bertz CT molecular complexity index is 529. The fourth-order valence-corrected chi connectivity index (χ4v) is 4.61. The number of halogens is 3. The highest BCUT2D eigenvalue weighted by Gasteiger charge is 2.51. The van der Waals surface area contributed by atoms with E-state index in [1.165, 1.54) is 12.1 Å². The first-order valence-electron chi connectivity index (χ1n) is 6.23. The van der Waals surface area contributed by atoms with E-state index in [4.69, 9.17) is 4.74 Å². The van der Waals surface area contributed by atoms with E-state index in [1.54, 1.807) is 0 Å². The van der Waals surface area contributed by atoms with E-state index in [9.17, 15) is 10.1 Å². The van der Waals surface area contributed by atoms with Gasteiger partial charge in [-0.25, -0.2) is 0 Å². The molecule has 4 nitrogen and oxygen atoms in total. The Morgan fingerprint density at radius 2 is 2.00 bits per heavy atom. The Kier molecular flexibility index (Phi) is 4.81. The second kappa shape index (κ2) is 5.93. The van der Waals surface area contributed by atoms with E-state index in [0.29, 0.717) is 19.5 Å². The lowest BCUT2D eigenvalue weighted by Crippen LogP contribution is -2.54. The van der Waals surface area contributed by atoms with Gasteiger partial charge in [0.1, 0.15) is 11.9 Å². The van der Waals surface area contributed by atoms with Gasteiger partial charge in [-0.1, -0.05) is 29.8 Å². The summed E-state index contributed by atoms with van der Waals surface area (Å²) in [5, 5.41) is 10.8. The summed E-state index contributed by atoms with van der Waals surface area (Å²) in [6, 6.07) is 2.93. The maximum atomic E-state index is 10.8. The minimum atomic E-state index is -0.423. The van der Waals surface area contributed by atoms with Crippen molar-refractivity contribution >= 4 is 53.5 Å². The lowest BCUT2D eigenvalue weighted by molar-refractivity contribution is -0.385. The molecule has 0 bridgehead atoms. The van der Waals surface area contributed by atoms with Crippen LogP contribution in [0.2, 0.25) is 0 Å². The summed E-state index contributed by atoms with van der Waals surface area (Å²) < 4.78 is 7.26. The molecular formula is C13H14Br3NO3. The second-order valence-corrected chi connectivity index (χ2v) is 7.98. The average molecular weight is 472 g/mol. The average Bonchev–Trinajstić information content (AvgIpc) is 2.39. The molecule has 20 heavy (non-hydrogen) atoms. The third kappa shape index (κ3) is 2.76. The molecule has 0 amide bonds. The Hall–Kier alpha value is -0.140. The van der Waals surface area contributed by atoms with E-state index in [-0.39, 0.29) is 17.2 Å². The molecule has 3 unspecified atom stereocenters. The van der Waals surface area contributed by atoms with Crippen LogP contribution < -0.4 is 4.74 Å². The van der Waals surface area contributed by atoms with E-state index >= 15 is 0 Å². The highest BCUT2D eigenvalue weighted by Crippen LogP contribution is 2.51. The van der Waals surface area contributed by atoms with Crippen molar-refractivity contribution in [2.24, 2.45) is 5.41 Å². The number of ether oxygens (including phenoxy) is 1. The number of hydrogen-bond acceptors (Lipinski definition) is 3. The van der Waals surface area contributed by atoms with E-state index in [2.05, 4.69) is 61.6 Å². The molecule has 1 aromatic rings. The Balaban J connectivity index is 2.25. The molecule has 0 saturated heterocycles. The first-order valence-corrected chi connectivity index (χ1v) is 8.74. The van der Waals surface area contributed by atoms with Crippen LogP contribution in [-0.2, 0) is 0 Å². The van der Waals surface area contributed by atoms with Crippen LogP contribution in [-0.4, -0.2) is 15.9 Å². The van der Waals surface area contributed by atoms with Gasteiger partial charge in [-0.3, -0.25) is 10.1 Å². The lowest BCUT2D eigenvalue weighted by atomic mass is 9.65. The smallest absolute Gasteiger partial charge is 0.271 e. The molecule has 0 N–H and O–H groups in total. The van der Waals surface area contributed by atoms with Crippen LogP contribution in [0.25, 0.3) is 0 Å². The van der Waals surface area contributed by atoms with Gasteiger partial charge in [0.25, 0.3) is 5.69 Å². The number of nitro benzene ring substituents is 1. The maximum absolute atomic E-state index is 10.8. The zero-order chi connectivity index (χ0) is 15.1. The number of alkyl halides is 1. The number of benzene rings is 1. The predicted molar refractivity (Wildman–Crippen MR) is 88.6 cm³/mol. The minimum Gasteiger partial charge on any atom is -0.487 e. The molecule has 1 aliphatic carbocycles. The van der Waals surface area contributed by atoms with Crippen molar-refractivity contribution < 1.29 is 9.66 Å². The Morgan fingerprint density at radius 1 is 1.45 bits per heavy atom. The van der Waals surface area contributed by atoms with Crippen molar-refractivity contribution in [3.63, 3.8) is 0 Å². The second-order valence-electron chi connectivity index (χ2n) is 5.16. The van der Waals surface area contributed by atoms with Crippen LogP contribution in [0.4, 0.5) is 5.69 Å². The molecule has 1 saturated carbocycles. The monoisotopic (exact) mass is 469 g/mol. The molecule has 0 aromatic heterocycles. The van der Waals surface area contributed by atoms with E-state index < -0.39 is 4.92 Å². The maximum Gasteiger partial charge on any atom is 0.271 e. The molecular weight excluding hydrogens is 458 g/mol. The van der Waals surface area contributed by atoms with Gasteiger partial charge in [0.05, 0.1) is 13.9 Å². The summed E-state index contributed by atoms with van der Waals surface area (Å²) in [6.45, 7) is 4.33. The number of rotatable bonds is 4. The standard InChI is InChI=1S/C13H14Br3NO3/c1-3-13(2)10(16)6-11(13)20-12-8(14)4-7(17(18)19)5-9(12)15/h4-5,10-11H,3,6H2,1-2H3. The third-order valence-corrected chi connectivity index (χ3v) is 6.69. The van der Waals surface area contributed by atoms with Crippen LogP contribution in [0.5, 0.6) is 5.75 Å². The summed E-state index contributed by atoms with van der Waals surface area (Å²) in [5.41, 5.74) is 0.113. The summed E-state index contributed by atoms with van der Waals surface area (Å²) in [6.07, 6.45) is 2.04. The Labute approximate surface area is 142 Å². The summed E-state index contributed by atoms with van der Waals surface area (Å²) in [7, 11) is 0. The fraction of sp³-hybridized carbons (Fsp3) is 0.538. The van der Waals surface area contributed by atoms with Gasteiger partial charge in [-0.15, -0.1) is 0 Å². The van der Waals surface area contributed by atoms with Crippen LogP contribution >= 0.6 is 47.8 Å². The number of nitrogens with zero attached hydrogens (tertiary/aromatic N) is 1.